The van der Waals surface area contributed by atoms with Gasteiger partial charge >= 0.3 is 5.97 Å². The molecule has 1 aromatic heterocycles. The number of primary amides is 1. The number of rotatable bonds is 13. The molecule has 14 nitrogen and oxygen atoms in total. The zero-order valence-electron chi connectivity index (χ0n) is 18.6. The molecule has 0 fully saturated rings. The second-order valence-corrected chi connectivity index (χ2v) is 7.61. The minimum absolute atomic E-state index is 0.00451. The Labute approximate surface area is 199 Å². The second-order valence-electron chi connectivity index (χ2n) is 7.61. The summed E-state index contributed by atoms with van der Waals surface area (Å²) in [4.78, 5) is 67.2. The summed E-state index contributed by atoms with van der Waals surface area (Å²) in [5.41, 5.74) is 11.4. The number of hydrogen-bond donors (Lipinski definition) is 8. The highest BCUT2D eigenvalue weighted by Crippen LogP contribution is 2.12. The lowest BCUT2D eigenvalue weighted by Gasteiger charge is -2.24. The van der Waals surface area contributed by atoms with Crippen molar-refractivity contribution in [2.75, 3.05) is 6.54 Å². The number of carboxylic acid groups (broad SMARTS) is 1. The van der Waals surface area contributed by atoms with Gasteiger partial charge in [0.1, 0.15) is 23.9 Å². The van der Waals surface area contributed by atoms with Crippen molar-refractivity contribution in [1.82, 2.24) is 25.9 Å². The van der Waals surface area contributed by atoms with E-state index in [1.807, 2.05) is 0 Å². The van der Waals surface area contributed by atoms with Gasteiger partial charge in [0.25, 0.3) is 0 Å². The van der Waals surface area contributed by atoms with Crippen LogP contribution in [0, 0.1) is 0 Å². The van der Waals surface area contributed by atoms with Crippen molar-refractivity contribution in [2.24, 2.45) is 11.5 Å². The van der Waals surface area contributed by atoms with Gasteiger partial charge in [-0.15, -0.1) is 0 Å². The molecular formula is C21H27N7O7. The predicted molar refractivity (Wildman–Crippen MR) is 120 cm³/mol. The van der Waals surface area contributed by atoms with E-state index in [1.165, 1.54) is 36.8 Å². The maximum Gasteiger partial charge on any atom is 0.326 e. The van der Waals surface area contributed by atoms with Gasteiger partial charge in [-0.2, -0.15) is 0 Å². The molecule has 0 aliphatic rings. The molecule has 2 rings (SSSR count). The summed E-state index contributed by atoms with van der Waals surface area (Å²) < 4.78 is 0. The maximum atomic E-state index is 13.1. The topological polar surface area (TPSA) is 243 Å². The van der Waals surface area contributed by atoms with Crippen LogP contribution in [0.3, 0.4) is 0 Å². The number of imidazole rings is 1. The molecule has 0 bridgehead atoms. The number of aromatic hydroxyl groups is 1. The van der Waals surface area contributed by atoms with Gasteiger partial charge in [0, 0.05) is 24.7 Å². The van der Waals surface area contributed by atoms with Crippen molar-refractivity contribution in [3.8, 4) is 5.75 Å². The van der Waals surface area contributed by atoms with Gasteiger partial charge in [0.05, 0.1) is 19.3 Å². The molecule has 0 aliphatic carbocycles. The molecule has 0 radical (unpaired) electrons. The van der Waals surface area contributed by atoms with Gasteiger partial charge in [-0.1, -0.05) is 12.1 Å². The zero-order valence-corrected chi connectivity index (χ0v) is 18.6. The number of aromatic nitrogens is 2. The van der Waals surface area contributed by atoms with E-state index < -0.39 is 54.1 Å². The fraction of sp³-hybridized carbons (Fsp3) is 0.333. The lowest BCUT2D eigenvalue weighted by atomic mass is 10.0. The number of amides is 4. The first-order valence-electron chi connectivity index (χ1n) is 10.5. The average Bonchev–Trinajstić information content (AvgIpc) is 3.31. The smallest absolute Gasteiger partial charge is 0.326 e. The highest BCUT2D eigenvalue weighted by atomic mass is 16.4. The Morgan fingerprint density at radius 2 is 1.54 bits per heavy atom. The van der Waals surface area contributed by atoms with Crippen molar-refractivity contribution < 1.29 is 34.2 Å². The number of phenolic OH excluding ortho intramolecular Hbond substituents is 1. The molecule has 1 aromatic carbocycles. The zero-order chi connectivity index (χ0) is 26.0. The molecule has 4 amide bonds. The van der Waals surface area contributed by atoms with E-state index in [1.54, 1.807) is 0 Å². The summed E-state index contributed by atoms with van der Waals surface area (Å²) >= 11 is 0. The first-order valence-corrected chi connectivity index (χ1v) is 10.5. The molecule has 35 heavy (non-hydrogen) atoms. The molecule has 3 unspecified atom stereocenters. The molecule has 0 spiro atoms. The van der Waals surface area contributed by atoms with Crippen LogP contribution in [0.4, 0.5) is 0 Å². The fourth-order valence-corrected chi connectivity index (χ4v) is 3.10. The second kappa shape index (κ2) is 12.7. The van der Waals surface area contributed by atoms with Gasteiger partial charge in [-0.05, 0) is 17.7 Å². The Kier molecular flexibility index (Phi) is 9.71. The monoisotopic (exact) mass is 489 g/mol. The third-order valence-electron chi connectivity index (χ3n) is 4.85. The molecule has 14 heteroatoms. The highest BCUT2D eigenvalue weighted by molar-refractivity contribution is 5.94. The molecular weight excluding hydrogens is 462 g/mol. The SMILES string of the molecule is NCC(=O)NC(Cc1cnc[nH]1)C(=O)NC(Cc1ccc(O)cc1)C(=O)NC(CC(N)=O)C(=O)O. The van der Waals surface area contributed by atoms with Crippen LogP contribution in [-0.2, 0) is 36.8 Å². The third-order valence-corrected chi connectivity index (χ3v) is 4.85. The van der Waals surface area contributed by atoms with E-state index in [2.05, 4.69) is 25.9 Å². The minimum Gasteiger partial charge on any atom is -0.508 e. The van der Waals surface area contributed by atoms with Crippen LogP contribution in [0.1, 0.15) is 17.7 Å². The number of carboxylic acids is 1. The van der Waals surface area contributed by atoms with Crippen molar-refractivity contribution >= 4 is 29.6 Å². The van der Waals surface area contributed by atoms with Gasteiger partial charge in [-0.3, -0.25) is 19.2 Å². The summed E-state index contributed by atoms with van der Waals surface area (Å²) in [6.45, 7) is -0.377. The number of phenols is 1. The fourth-order valence-electron chi connectivity index (χ4n) is 3.10. The standard InChI is InChI=1S/C21H27N7O7/c22-8-18(31)26-15(6-12-9-24-10-25-12)20(33)27-14(5-11-1-3-13(29)4-2-11)19(32)28-16(21(34)35)7-17(23)30/h1-4,9-10,14-16,29H,5-8,22H2,(H2,23,30)(H,24,25)(H,26,31)(H,27,33)(H,28,32)(H,34,35). The Balaban J connectivity index is 2.26. The molecule has 3 atom stereocenters. The third kappa shape index (κ3) is 8.77. The first kappa shape index (κ1) is 26.8. The lowest BCUT2D eigenvalue weighted by Crippen LogP contribution is -2.57. The van der Waals surface area contributed by atoms with Gasteiger partial charge in [-0.25, -0.2) is 9.78 Å². The van der Waals surface area contributed by atoms with Crippen molar-refractivity contribution in [1.29, 1.82) is 0 Å². The molecule has 1 heterocycles. The molecule has 0 saturated heterocycles. The Bertz CT molecular complexity index is 1040. The number of hydrogen-bond acceptors (Lipinski definition) is 8. The predicted octanol–water partition coefficient (Wildman–Crippen LogP) is -2.73. The minimum atomic E-state index is -1.61. The normalized spacial score (nSPS) is 13.2. The number of benzene rings is 1. The van der Waals surface area contributed by atoms with E-state index in [9.17, 15) is 34.2 Å². The number of aliphatic carboxylic acids is 1. The summed E-state index contributed by atoms with van der Waals surface area (Å²) in [5.74, 6) is -4.71. The van der Waals surface area contributed by atoms with Crippen LogP contribution in [0.5, 0.6) is 5.75 Å². The number of nitrogens with one attached hydrogen (secondary N) is 4. The largest absolute Gasteiger partial charge is 0.508 e. The molecule has 0 saturated carbocycles. The van der Waals surface area contributed by atoms with Crippen molar-refractivity contribution in [3.05, 3.63) is 48.0 Å². The Morgan fingerprint density at radius 1 is 0.943 bits per heavy atom. The average molecular weight is 489 g/mol. The van der Waals surface area contributed by atoms with Gasteiger partial charge < -0.3 is 42.6 Å². The quantitative estimate of drug-likeness (QED) is 0.145. The van der Waals surface area contributed by atoms with Gasteiger partial charge in [0.15, 0.2) is 0 Å². The summed E-state index contributed by atoms with van der Waals surface area (Å²) in [6, 6.07) is 1.72. The molecule has 10 N–H and O–H groups in total. The van der Waals surface area contributed by atoms with Crippen LogP contribution in [0.15, 0.2) is 36.8 Å². The molecule has 0 aliphatic heterocycles. The summed E-state index contributed by atoms with van der Waals surface area (Å²) in [6.07, 6.45) is 2.10. The van der Waals surface area contributed by atoms with Crippen molar-refractivity contribution in [2.45, 2.75) is 37.4 Å². The number of nitrogens with zero attached hydrogens (tertiary/aromatic N) is 1. The van der Waals surface area contributed by atoms with E-state index in [0.29, 0.717) is 11.3 Å². The van der Waals surface area contributed by atoms with Crippen molar-refractivity contribution in [3.63, 3.8) is 0 Å². The van der Waals surface area contributed by atoms with E-state index in [0.717, 1.165) is 0 Å². The summed E-state index contributed by atoms with van der Waals surface area (Å²) in [7, 11) is 0. The number of carbonyl (C=O) groups is 5. The molecule has 2 aromatic rings. The molecule has 188 valence electrons. The first-order chi connectivity index (χ1) is 16.6. The number of nitrogens with two attached hydrogens (primary N) is 2. The maximum absolute atomic E-state index is 13.1. The Morgan fingerprint density at radius 3 is 2.06 bits per heavy atom. The number of aromatic amines is 1. The Hall–Kier alpha value is -4.46. The van der Waals surface area contributed by atoms with E-state index in [4.69, 9.17) is 11.5 Å². The number of carbonyl (C=O) groups excluding carboxylic acids is 4. The van der Waals surface area contributed by atoms with Crippen LogP contribution in [0.25, 0.3) is 0 Å². The van der Waals surface area contributed by atoms with Crippen LogP contribution in [-0.4, -0.2) is 74.4 Å². The van der Waals surface area contributed by atoms with Gasteiger partial charge in [0.2, 0.25) is 23.6 Å². The van der Waals surface area contributed by atoms with Crippen LogP contribution < -0.4 is 27.4 Å². The number of H-pyrrole nitrogens is 1. The lowest BCUT2D eigenvalue weighted by molar-refractivity contribution is -0.143. The summed E-state index contributed by atoms with van der Waals surface area (Å²) in [5, 5.41) is 26.0. The van der Waals surface area contributed by atoms with Crippen LogP contribution >= 0.6 is 0 Å². The highest BCUT2D eigenvalue weighted by Gasteiger charge is 2.30. The van der Waals surface area contributed by atoms with Crippen LogP contribution in [0.2, 0.25) is 0 Å². The van der Waals surface area contributed by atoms with E-state index >= 15 is 0 Å². The van der Waals surface area contributed by atoms with E-state index in [-0.39, 0.29) is 25.1 Å².